The number of para-hydroxylation sites is 1. The first-order valence-corrected chi connectivity index (χ1v) is 5.25. The molecule has 2 N–H and O–H groups in total. The molecule has 3 heteroatoms. The van der Waals surface area contributed by atoms with Crippen LogP contribution in [0.4, 0.5) is 5.69 Å². The van der Waals surface area contributed by atoms with E-state index < -0.39 is 0 Å². The highest BCUT2D eigenvalue weighted by atomic mass is 16.2. The second kappa shape index (κ2) is 5.51. The van der Waals surface area contributed by atoms with E-state index in [1.54, 1.807) is 7.05 Å². The fourth-order valence-electron chi connectivity index (χ4n) is 1.32. The molecule has 0 aliphatic carbocycles. The normalized spacial score (nSPS) is 12.2. The molecule has 82 valence electrons. The van der Waals surface area contributed by atoms with Crippen LogP contribution in [0.25, 0.3) is 0 Å². The number of anilines is 1. The first kappa shape index (κ1) is 11.7. The number of amides is 1. The lowest BCUT2D eigenvalue weighted by Gasteiger charge is -2.13. The number of aryl methyl sites for hydroxylation is 1. The van der Waals surface area contributed by atoms with Gasteiger partial charge in [0.25, 0.3) is 0 Å². The summed E-state index contributed by atoms with van der Waals surface area (Å²) in [6, 6.07) is 7.70. The first-order valence-electron chi connectivity index (χ1n) is 5.25. The third kappa shape index (κ3) is 3.06. The molecule has 1 atom stereocenters. The Balaban J connectivity index is 2.76. The fraction of sp³-hybridized carbons (Fsp3) is 0.417. The molecule has 1 rings (SSSR count). The van der Waals surface area contributed by atoms with Crippen molar-refractivity contribution >= 4 is 11.6 Å². The van der Waals surface area contributed by atoms with Gasteiger partial charge in [-0.2, -0.15) is 0 Å². The van der Waals surface area contributed by atoms with Crippen LogP contribution in [0.5, 0.6) is 0 Å². The molecule has 0 spiro atoms. The molecule has 3 nitrogen and oxygen atoms in total. The Morgan fingerprint density at radius 3 is 2.67 bits per heavy atom. The molecule has 0 aromatic heterocycles. The van der Waals surface area contributed by atoms with E-state index in [1.165, 1.54) is 0 Å². The Labute approximate surface area is 90.9 Å². The molecule has 0 saturated heterocycles. The summed E-state index contributed by atoms with van der Waals surface area (Å²) in [4.78, 5) is 11.6. The molecule has 0 aliphatic heterocycles. The van der Waals surface area contributed by atoms with Gasteiger partial charge in [-0.05, 0) is 32.0 Å². The lowest BCUT2D eigenvalue weighted by molar-refractivity contribution is -0.117. The molecule has 0 saturated carbocycles. The number of likely N-dealkylation sites (N-methyl/N-ethyl adjacent to an activating group) is 1. The number of rotatable bonds is 4. The SMILES string of the molecule is CCc1ccccc1NC(=O)C(C)NC. The van der Waals surface area contributed by atoms with Crippen molar-refractivity contribution in [2.24, 2.45) is 0 Å². The van der Waals surface area contributed by atoms with Crippen LogP contribution >= 0.6 is 0 Å². The maximum Gasteiger partial charge on any atom is 0.241 e. The summed E-state index contributed by atoms with van der Waals surface area (Å²) in [6.45, 7) is 3.91. The molecule has 1 aromatic carbocycles. The van der Waals surface area contributed by atoms with Gasteiger partial charge in [-0.25, -0.2) is 0 Å². The lowest BCUT2D eigenvalue weighted by Crippen LogP contribution is -2.35. The second-order valence-electron chi connectivity index (χ2n) is 3.51. The van der Waals surface area contributed by atoms with Gasteiger partial charge < -0.3 is 10.6 Å². The van der Waals surface area contributed by atoms with E-state index in [-0.39, 0.29) is 11.9 Å². The number of benzene rings is 1. The summed E-state index contributed by atoms with van der Waals surface area (Å²) in [5.41, 5.74) is 2.07. The van der Waals surface area contributed by atoms with Crippen molar-refractivity contribution in [1.29, 1.82) is 0 Å². The van der Waals surface area contributed by atoms with Crippen LogP contribution in [0.2, 0.25) is 0 Å². The van der Waals surface area contributed by atoms with Crippen molar-refractivity contribution in [2.45, 2.75) is 26.3 Å². The number of nitrogens with one attached hydrogen (secondary N) is 2. The third-order valence-electron chi connectivity index (χ3n) is 2.48. The molecule has 0 bridgehead atoms. The van der Waals surface area contributed by atoms with Gasteiger partial charge in [0.15, 0.2) is 0 Å². The Morgan fingerprint density at radius 2 is 2.07 bits per heavy atom. The van der Waals surface area contributed by atoms with Crippen molar-refractivity contribution in [2.75, 3.05) is 12.4 Å². The van der Waals surface area contributed by atoms with Gasteiger partial charge in [0.1, 0.15) is 0 Å². The Bertz CT molecular complexity index is 336. The predicted octanol–water partition coefficient (Wildman–Crippen LogP) is 1.80. The van der Waals surface area contributed by atoms with Crippen LogP contribution < -0.4 is 10.6 Å². The van der Waals surface area contributed by atoms with E-state index in [2.05, 4.69) is 17.6 Å². The average Bonchev–Trinajstić information content (AvgIpc) is 2.28. The fourth-order valence-corrected chi connectivity index (χ4v) is 1.32. The van der Waals surface area contributed by atoms with Crippen LogP contribution in [0, 0.1) is 0 Å². The van der Waals surface area contributed by atoms with E-state index in [4.69, 9.17) is 0 Å². The largest absolute Gasteiger partial charge is 0.324 e. The highest BCUT2D eigenvalue weighted by Crippen LogP contribution is 2.15. The van der Waals surface area contributed by atoms with Crippen LogP contribution in [0.15, 0.2) is 24.3 Å². The van der Waals surface area contributed by atoms with Gasteiger partial charge in [0.2, 0.25) is 5.91 Å². The van der Waals surface area contributed by atoms with Crippen molar-refractivity contribution < 1.29 is 4.79 Å². The first-order chi connectivity index (χ1) is 7.19. The third-order valence-corrected chi connectivity index (χ3v) is 2.48. The quantitative estimate of drug-likeness (QED) is 0.788. The van der Waals surface area contributed by atoms with Crippen molar-refractivity contribution in [1.82, 2.24) is 5.32 Å². The van der Waals surface area contributed by atoms with Gasteiger partial charge in [0.05, 0.1) is 6.04 Å². The van der Waals surface area contributed by atoms with Gasteiger partial charge >= 0.3 is 0 Å². The zero-order valence-electron chi connectivity index (χ0n) is 9.50. The number of carbonyl (C=O) groups excluding carboxylic acids is 1. The minimum Gasteiger partial charge on any atom is -0.324 e. The summed E-state index contributed by atoms with van der Waals surface area (Å²) < 4.78 is 0. The van der Waals surface area contributed by atoms with Crippen LogP contribution in [-0.2, 0) is 11.2 Å². The summed E-state index contributed by atoms with van der Waals surface area (Å²) in [6.07, 6.45) is 0.921. The maximum atomic E-state index is 11.6. The molecule has 1 unspecified atom stereocenters. The topological polar surface area (TPSA) is 41.1 Å². The Hall–Kier alpha value is -1.35. The molecule has 1 amide bonds. The molecule has 0 radical (unpaired) electrons. The molecule has 0 heterocycles. The van der Waals surface area contributed by atoms with Gasteiger partial charge in [0, 0.05) is 5.69 Å². The van der Waals surface area contributed by atoms with Crippen LogP contribution in [0.1, 0.15) is 19.4 Å². The Morgan fingerprint density at radius 1 is 1.40 bits per heavy atom. The highest BCUT2D eigenvalue weighted by Gasteiger charge is 2.11. The minimum absolute atomic E-state index is 0.00148. The monoisotopic (exact) mass is 206 g/mol. The summed E-state index contributed by atoms with van der Waals surface area (Å²) in [5, 5.41) is 5.82. The van der Waals surface area contributed by atoms with Crippen molar-refractivity contribution in [3.8, 4) is 0 Å². The maximum absolute atomic E-state index is 11.6. The van der Waals surface area contributed by atoms with Crippen LogP contribution in [0.3, 0.4) is 0 Å². The van der Waals surface area contributed by atoms with E-state index in [0.717, 1.165) is 17.7 Å². The van der Waals surface area contributed by atoms with Crippen molar-refractivity contribution in [3.05, 3.63) is 29.8 Å². The standard InChI is InChI=1S/C12H18N2O/c1-4-10-7-5-6-8-11(10)14-12(15)9(2)13-3/h5-9,13H,4H2,1-3H3,(H,14,15). The van der Waals surface area contributed by atoms with E-state index >= 15 is 0 Å². The number of hydrogen-bond acceptors (Lipinski definition) is 2. The summed E-state index contributed by atoms with van der Waals surface area (Å²) in [5.74, 6) is -0.00148. The molecule has 1 aromatic rings. The molecule has 0 fully saturated rings. The zero-order chi connectivity index (χ0) is 11.3. The summed E-state index contributed by atoms with van der Waals surface area (Å²) in [7, 11) is 1.77. The molecular formula is C12H18N2O. The van der Waals surface area contributed by atoms with E-state index in [0.29, 0.717) is 0 Å². The predicted molar refractivity (Wildman–Crippen MR) is 63.0 cm³/mol. The number of hydrogen-bond donors (Lipinski definition) is 2. The summed E-state index contributed by atoms with van der Waals surface area (Å²) >= 11 is 0. The molecular weight excluding hydrogens is 188 g/mol. The molecule has 0 aliphatic rings. The minimum atomic E-state index is -0.171. The zero-order valence-corrected chi connectivity index (χ0v) is 9.50. The number of carbonyl (C=O) groups is 1. The van der Waals surface area contributed by atoms with Crippen LogP contribution in [-0.4, -0.2) is 19.0 Å². The smallest absolute Gasteiger partial charge is 0.241 e. The van der Waals surface area contributed by atoms with Crippen molar-refractivity contribution in [3.63, 3.8) is 0 Å². The highest BCUT2D eigenvalue weighted by molar-refractivity contribution is 5.95. The molecule has 15 heavy (non-hydrogen) atoms. The lowest BCUT2D eigenvalue weighted by atomic mass is 10.1. The average molecular weight is 206 g/mol. The van der Waals surface area contributed by atoms with Gasteiger partial charge in [-0.1, -0.05) is 25.1 Å². The van der Waals surface area contributed by atoms with E-state index in [9.17, 15) is 4.79 Å². The van der Waals surface area contributed by atoms with Gasteiger partial charge in [-0.15, -0.1) is 0 Å². The Kier molecular flexibility index (Phi) is 4.31. The van der Waals surface area contributed by atoms with E-state index in [1.807, 2.05) is 31.2 Å². The van der Waals surface area contributed by atoms with Gasteiger partial charge in [-0.3, -0.25) is 4.79 Å². The second-order valence-corrected chi connectivity index (χ2v) is 3.51.